The molecule has 7 nitrogen and oxygen atoms in total. The van der Waals surface area contributed by atoms with Crippen molar-refractivity contribution in [1.82, 2.24) is 14.4 Å². The Morgan fingerprint density at radius 2 is 2.06 bits per heavy atom. The van der Waals surface area contributed by atoms with Crippen molar-refractivity contribution in [2.24, 2.45) is 0 Å². The monoisotopic (exact) mass is 442 g/mol. The van der Waals surface area contributed by atoms with Crippen LogP contribution in [0.5, 0.6) is 0 Å². The van der Waals surface area contributed by atoms with Crippen LogP contribution in [0.4, 0.5) is 0 Å². The van der Waals surface area contributed by atoms with Gasteiger partial charge in [0.1, 0.15) is 0 Å². The van der Waals surface area contributed by atoms with E-state index in [0.717, 1.165) is 29.4 Å². The molecule has 166 valence electrons. The highest BCUT2D eigenvalue weighted by molar-refractivity contribution is 7.91. The average molecular weight is 443 g/mol. The normalized spacial score (nSPS) is 18.1. The second-order valence-electron chi connectivity index (χ2n) is 8.28. The van der Waals surface area contributed by atoms with Gasteiger partial charge in [-0.1, -0.05) is 18.2 Å². The third-order valence-electron chi connectivity index (χ3n) is 5.63. The van der Waals surface area contributed by atoms with E-state index in [1.807, 2.05) is 49.1 Å². The number of nitriles is 1. The van der Waals surface area contributed by atoms with Gasteiger partial charge in [0, 0.05) is 47.9 Å². The van der Waals surface area contributed by atoms with Crippen LogP contribution in [0.3, 0.4) is 0 Å². The first-order chi connectivity index (χ1) is 14.8. The first-order valence-corrected chi connectivity index (χ1v) is 12.4. The molecule has 3 rings (SSSR count). The van der Waals surface area contributed by atoms with Crippen LogP contribution in [-0.2, 0) is 21.2 Å². The number of aromatic nitrogens is 1. The minimum Gasteiger partial charge on any atom is -0.346 e. The lowest BCUT2D eigenvalue weighted by molar-refractivity contribution is -0.127. The zero-order chi connectivity index (χ0) is 22.4. The summed E-state index contributed by atoms with van der Waals surface area (Å²) in [6.07, 6.45) is 7.01. The zero-order valence-corrected chi connectivity index (χ0v) is 19.0. The van der Waals surface area contributed by atoms with Crippen molar-refractivity contribution >= 4 is 32.7 Å². The van der Waals surface area contributed by atoms with Gasteiger partial charge < -0.3 is 14.4 Å². The molecular formula is C23H30N4O3S. The van der Waals surface area contributed by atoms with Crippen LogP contribution >= 0.6 is 0 Å². The number of sulfone groups is 1. The minimum atomic E-state index is -3.07. The molecule has 2 heterocycles. The summed E-state index contributed by atoms with van der Waals surface area (Å²) in [5.41, 5.74) is 1.93. The van der Waals surface area contributed by atoms with E-state index in [2.05, 4.69) is 11.0 Å². The lowest BCUT2D eigenvalue weighted by Crippen LogP contribution is -2.41. The fourth-order valence-electron chi connectivity index (χ4n) is 4.07. The number of hydrogen-bond donors (Lipinski definition) is 0. The summed E-state index contributed by atoms with van der Waals surface area (Å²) in [6.45, 7) is 1.96. The molecular weight excluding hydrogens is 412 g/mol. The molecule has 1 aliphatic rings. The number of carbonyl (C=O) groups is 1. The molecule has 1 amide bonds. The first kappa shape index (κ1) is 23.0. The number of fused-ring (bicyclic) bond motifs is 1. The maximum absolute atomic E-state index is 13.1. The van der Waals surface area contributed by atoms with Crippen molar-refractivity contribution in [1.29, 1.82) is 5.26 Å². The molecule has 0 aliphatic carbocycles. The highest BCUT2D eigenvalue weighted by Crippen LogP contribution is 2.24. The average Bonchev–Trinajstić information content (AvgIpc) is 3.27. The van der Waals surface area contributed by atoms with E-state index in [-0.39, 0.29) is 23.5 Å². The Morgan fingerprint density at radius 3 is 2.74 bits per heavy atom. The van der Waals surface area contributed by atoms with E-state index in [9.17, 15) is 13.2 Å². The molecule has 2 aromatic rings. The number of benzene rings is 1. The summed E-state index contributed by atoms with van der Waals surface area (Å²) < 4.78 is 26.0. The van der Waals surface area contributed by atoms with E-state index in [0.29, 0.717) is 25.9 Å². The quantitative estimate of drug-likeness (QED) is 0.557. The number of nitrogens with zero attached hydrogens (tertiary/aromatic N) is 4. The largest absolute Gasteiger partial charge is 0.346 e. The van der Waals surface area contributed by atoms with Crippen LogP contribution in [0.2, 0.25) is 0 Å². The third kappa shape index (κ3) is 5.96. The summed E-state index contributed by atoms with van der Waals surface area (Å²) >= 11 is 0. The van der Waals surface area contributed by atoms with Gasteiger partial charge in [0.2, 0.25) is 5.91 Å². The van der Waals surface area contributed by atoms with E-state index < -0.39 is 9.84 Å². The minimum absolute atomic E-state index is 0.0437. The molecule has 0 bridgehead atoms. The lowest BCUT2D eigenvalue weighted by Gasteiger charge is -2.27. The molecule has 1 fully saturated rings. The van der Waals surface area contributed by atoms with Crippen molar-refractivity contribution in [3.63, 3.8) is 0 Å². The fraction of sp³-hybridized carbons (Fsp3) is 0.478. The van der Waals surface area contributed by atoms with Crippen LogP contribution in [0.1, 0.15) is 24.8 Å². The highest BCUT2D eigenvalue weighted by Gasteiger charge is 2.33. The van der Waals surface area contributed by atoms with E-state index in [4.69, 9.17) is 5.26 Å². The molecule has 1 unspecified atom stereocenters. The van der Waals surface area contributed by atoms with E-state index in [1.165, 1.54) is 0 Å². The maximum atomic E-state index is 13.1. The molecule has 1 aliphatic heterocycles. The molecule has 1 atom stereocenters. The molecule has 0 N–H and O–H groups in total. The van der Waals surface area contributed by atoms with Crippen molar-refractivity contribution < 1.29 is 13.2 Å². The summed E-state index contributed by atoms with van der Waals surface area (Å²) in [5, 5.41) is 9.94. The van der Waals surface area contributed by atoms with Crippen molar-refractivity contribution in [3.05, 3.63) is 42.1 Å². The topological polar surface area (TPSA) is 86.4 Å². The van der Waals surface area contributed by atoms with Gasteiger partial charge in [0.25, 0.3) is 0 Å². The van der Waals surface area contributed by atoms with Crippen LogP contribution in [0.25, 0.3) is 17.0 Å². The summed E-state index contributed by atoms with van der Waals surface area (Å²) in [5.74, 6) is 0.0301. The van der Waals surface area contributed by atoms with Gasteiger partial charge in [-0.15, -0.1) is 0 Å². The number of amides is 1. The van der Waals surface area contributed by atoms with Crippen molar-refractivity contribution in [2.75, 3.05) is 38.7 Å². The number of hydrogen-bond acceptors (Lipinski definition) is 5. The van der Waals surface area contributed by atoms with Gasteiger partial charge >= 0.3 is 0 Å². The molecule has 0 saturated carbocycles. The predicted octanol–water partition coefficient (Wildman–Crippen LogP) is 2.54. The van der Waals surface area contributed by atoms with Crippen LogP contribution < -0.4 is 0 Å². The van der Waals surface area contributed by atoms with Crippen LogP contribution in [0.15, 0.2) is 36.5 Å². The number of carbonyl (C=O) groups excluding carboxylic acids is 1. The Bertz CT molecular complexity index is 1100. The van der Waals surface area contributed by atoms with Gasteiger partial charge in [-0.2, -0.15) is 5.26 Å². The third-order valence-corrected chi connectivity index (χ3v) is 7.38. The molecule has 8 heteroatoms. The first-order valence-electron chi connectivity index (χ1n) is 10.6. The Hall–Kier alpha value is -2.63. The number of aryl methyl sites for hydroxylation is 1. The van der Waals surface area contributed by atoms with Crippen molar-refractivity contribution in [2.45, 2.75) is 31.8 Å². The van der Waals surface area contributed by atoms with Gasteiger partial charge in [0.05, 0.1) is 24.0 Å². The Labute approximate surface area is 184 Å². The molecule has 1 aromatic heterocycles. The molecule has 1 aromatic carbocycles. The Morgan fingerprint density at radius 1 is 1.29 bits per heavy atom. The number of para-hydroxylation sites is 1. The second-order valence-corrected chi connectivity index (χ2v) is 10.5. The van der Waals surface area contributed by atoms with E-state index >= 15 is 0 Å². The summed E-state index contributed by atoms with van der Waals surface area (Å²) in [7, 11) is 0.886. The van der Waals surface area contributed by atoms with Crippen LogP contribution in [-0.4, -0.2) is 73.4 Å². The lowest BCUT2D eigenvalue weighted by atomic mass is 10.1. The highest BCUT2D eigenvalue weighted by atomic mass is 32.2. The fourth-order valence-corrected chi connectivity index (χ4v) is 5.80. The smallest absolute Gasteiger partial charge is 0.246 e. The van der Waals surface area contributed by atoms with Gasteiger partial charge in [-0.3, -0.25) is 4.79 Å². The van der Waals surface area contributed by atoms with Crippen molar-refractivity contribution in [3.8, 4) is 6.07 Å². The SMILES string of the molecule is CN(C)CCCN(C(=O)/C=C/c1cn(CCC#N)c2ccccc12)C1CCS(=O)(=O)C1. The zero-order valence-electron chi connectivity index (χ0n) is 18.2. The van der Waals surface area contributed by atoms with Gasteiger partial charge in [0.15, 0.2) is 9.84 Å². The Kier molecular flexibility index (Phi) is 7.52. The van der Waals surface area contributed by atoms with E-state index in [1.54, 1.807) is 17.1 Å². The molecule has 1 saturated heterocycles. The Balaban J connectivity index is 1.81. The van der Waals surface area contributed by atoms with Gasteiger partial charge in [-0.05, 0) is 45.6 Å². The standard InChI is InChI=1S/C23H30N4O3S/c1-25(2)13-6-15-27(20-11-16-31(29,30)18-20)23(28)10-9-19-17-26(14-5-12-24)22-8-4-3-7-21(19)22/h3-4,7-10,17,20H,5-6,11,13-16,18H2,1-2H3/b10-9+. The molecule has 31 heavy (non-hydrogen) atoms. The van der Waals surface area contributed by atoms with Gasteiger partial charge in [-0.25, -0.2) is 8.42 Å². The summed E-state index contributed by atoms with van der Waals surface area (Å²) in [4.78, 5) is 16.9. The maximum Gasteiger partial charge on any atom is 0.246 e. The predicted molar refractivity (Wildman–Crippen MR) is 123 cm³/mol. The second kappa shape index (κ2) is 10.1. The molecule has 0 spiro atoms. The summed E-state index contributed by atoms with van der Waals surface area (Å²) in [6, 6.07) is 9.82. The van der Waals surface area contributed by atoms with Crippen LogP contribution in [0, 0.1) is 11.3 Å². The number of rotatable bonds is 9. The molecule has 0 radical (unpaired) electrons.